The Balaban J connectivity index is 1.98. The molecular formula is C15H19ClN2O3. The predicted octanol–water partition coefficient (Wildman–Crippen LogP) is 2.78. The van der Waals surface area contributed by atoms with Crippen LogP contribution in [0.25, 0.3) is 0 Å². The maximum atomic E-state index is 12.2. The van der Waals surface area contributed by atoms with Crippen molar-refractivity contribution in [3.63, 3.8) is 0 Å². The van der Waals surface area contributed by atoms with Crippen LogP contribution in [0.15, 0.2) is 24.3 Å². The van der Waals surface area contributed by atoms with Crippen LogP contribution in [0.1, 0.15) is 13.8 Å². The Bertz CT molecular complexity index is 533. The van der Waals surface area contributed by atoms with Gasteiger partial charge in [-0.25, -0.2) is 4.79 Å². The summed E-state index contributed by atoms with van der Waals surface area (Å²) >= 11 is 6.11. The van der Waals surface area contributed by atoms with Crippen molar-refractivity contribution < 1.29 is 14.3 Å². The van der Waals surface area contributed by atoms with Crippen LogP contribution in [0, 0.1) is 5.92 Å². The molecule has 0 spiro atoms. The number of carbonyl (C=O) groups is 2. The number of hydrogen-bond donors (Lipinski definition) is 0. The smallest absolute Gasteiger partial charge is 0.410 e. The van der Waals surface area contributed by atoms with E-state index in [0.717, 1.165) is 0 Å². The molecule has 1 aromatic carbocycles. The van der Waals surface area contributed by atoms with Gasteiger partial charge in [0.25, 0.3) is 0 Å². The van der Waals surface area contributed by atoms with Gasteiger partial charge in [-0.3, -0.25) is 9.69 Å². The van der Waals surface area contributed by atoms with Gasteiger partial charge in [-0.05, 0) is 18.1 Å². The monoisotopic (exact) mass is 310 g/mol. The zero-order valence-electron chi connectivity index (χ0n) is 12.2. The molecule has 1 fully saturated rings. The molecule has 1 aliphatic rings. The van der Waals surface area contributed by atoms with Crippen molar-refractivity contribution in [3.05, 3.63) is 29.3 Å². The first-order valence-electron chi connectivity index (χ1n) is 6.95. The fourth-order valence-corrected chi connectivity index (χ4v) is 2.32. The van der Waals surface area contributed by atoms with Gasteiger partial charge in [0.05, 0.1) is 17.3 Å². The van der Waals surface area contributed by atoms with Gasteiger partial charge in [0.15, 0.2) is 0 Å². The lowest BCUT2D eigenvalue weighted by molar-refractivity contribution is -0.120. The first-order chi connectivity index (χ1) is 9.99. The Labute approximate surface area is 129 Å². The fraction of sp³-hybridized carbons (Fsp3) is 0.467. The normalized spacial score (nSPS) is 15.5. The third-order valence-electron chi connectivity index (χ3n) is 3.16. The molecule has 0 N–H and O–H groups in total. The highest BCUT2D eigenvalue weighted by molar-refractivity contribution is 6.33. The van der Waals surface area contributed by atoms with E-state index in [1.807, 2.05) is 26.0 Å². The van der Waals surface area contributed by atoms with Gasteiger partial charge in [-0.15, -0.1) is 0 Å². The Morgan fingerprint density at radius 1 is 1.33 bits per heavy atom. The van der Waals surface area contributed by atoms with E-state index in [2.05, 4.69) is 0 Å². The standard InChI is InChI=1S/C15H19ClN2O3/c1-11(2)10-21-15(20)17-7-8-18(14(19)9-17)13-6-4-3-5-12(13)16/h3-6,11H,7-10H2,1-2H3. The van der Waals surface area contributed by atoms with Gasteiger partial charge in [0, 0.05) is 13.1 Å². The van der Waals surface area contributed by atoms with Crippen LogP contribution in [0.5, 0.6) is 0 Å². The van der Waals surface area contributed by atoms with Crippen LogP contribution in [0.4, 0.5) is 10.5 Å². The lowest BCUT2D eigenvalue weighted by Crippen LogP contribution is -2.52. The van der Waals surface area contributed by atoms with Crippen LogP contribution < -0.4 is 4.90 Å². The average molecular weight is 311 g/mol. The van der Waals surface area contributed by atoms with E-state index in [1.54, 1.807) is 17.0 Å². The van der Waals surface area contributed by atoms with Crippen LogP contribution in [0.3, 0.4) is 0 Å². The molecule has 21 heavy (non-hydrogen) atoms. The van der Waals surface area contributed by atoms with Crippen LogP contribution in [0.2, 0.25) is 5.02 Å². The van der Waals surface area contributed by atoms with Gasteiger partial charge >= 0.3 is 6.09 Å². The molecule has 1 aliphatic heterocycles. The summed E-state index contributed by atoms with van der Waals surface area (Å²) in [6.07, 6.45) is -0.434. The first-order valence-corrected chi connectivity index (χ1v) is 7.33. The van der Waals surface area contributed by atoms with Crippen molar-refractivity contribution in [2.24, 2.45) is 5.92 Å². The lowest BCUT2D eigenvalue weighted by Gasteiger charge is -2.34. The van der Waals surface area contributed by atoms with E-state index < -0.39 is 6.09 Å². The molecule has 0 radical (unpaired) electrons. The largest absolute Gasteiger partial charge is 0.449 e. The van der Waals surface area contributed by atoms with Crippen molar-refractivity contribution in [1.29, 1.82) is 0 Å². The number of rotatable bonds is 3. The molecule has 0 atom stereocenters. The molecule has 6 heteroatoms. The Kier molecular flexibility index (Phi) is 5.07. The molecule has 2 amide bonds. The minimum absolute atomic E-state index is 0.0160. The van der Waals surface area contributed by atoms with Gasteiger partial charge in [-0.1, -0.05) is 37.6 Å². The molecule has 5 nitrogen and oxygen atoms in total. The van der Waals surface area contributed by atoms with E-state index in [-0.39, 0.29) is 18.4 Å². The second-order valence-corrected chi connectivity index (χ2v) is 5.80. The third-order valence-corrected chi connectivity index (χ3v) is 3.48. The number of nitrogens with zero attached hydrogens (tertiary/aromatic N) is 2. The Morgan fingerprint density at radius 3 is 2.67 bits per heavy atom. The highest BCUT2D eigenvalue weighted by atomic mass is 35.5. The number of benzene rings is 1. The maximum absolute atomic E-state index is 12.2. The molecule has 0 saturated carbocycles. The number of ether oxygens (including phenoxy) is 1. The van der Waals surface area contributed by atoms with E-state index in [9.17, 15) is 9.59 Å². The van der Waals surface area contributed by atoms with Crippen molar-refractivity contribution >= 4 is 29.3 Å². The number of amides is 2. The molecule has 0 unspecified atom stereocenters. The summed E-state index contributed by atoms with van der Waals surface area (Å²) in [5, 5.41) is 0.529. The fourth-order valence-electron chi connectivity index (χ4n) is 2.08. The summed E-state index contributed by atoms with van der Waals surface area (Å²) in [5.41, 5.74) is 0.680. The molecule has 0 bridgehead atoms. The quantitative estimate of drug-likeness (QED) is 0.862. The zero-order valence-corrected chi connectivity index (χ0v) is 13.0. The van der Waals surface area contributed by atoms with Crippen LogP contribution in [-0.4, -0.2) is 43.1 Å². The van der Waals surface area contributed by atoms with Crippen LogP contribution in [-0.2, 0) is 9.53 Å². The highest BCUT2D eigenvalue weighted by Gasteiger charge is 2.29. The molecule has 0 aromatic heterocycles. The van der Waals surface area contributed by atoms with Crippen molar-refractivity contribution in [2.75, 3.05) is 31.1 Å². The zero-order chi connectivity index (χ0) is 15.4. The topological polar surface area (TPSA) is 49.9 Å². The number of piperazine rings is 1. The summed E-state index contributed by atoms with van der Waals surface area (Å²) in [7, 11) is 0. The Hall–Kier alpha value is -1.75. The molecule has 1 saturated heterocycles. The Morgan fingerprint density at radius 2 is 2.05 bits per heavy atom. The molecule has 114 valence electrons. The van der Waals surface area contributed by atoms with E-state index in [1.165, 1.54) is 4.90 Å². The lowest BCUT2D eigenvalue weighted by atomic mass is 10.2. The second-order valence-electron chi connectivity index (χ2n) is 5.39. The first kappa shape index (κ1) is 15.6. The number of para-hydroxylation sites is 1. The summed E-state index contributed by atoms with van der Waals surface area (Å²) in [6.45, 7) is 5.16. The molecule has 0 aliphatic carbocycles. The molecular weight excluding hydrogens is 292 g/mol. The third kappa shape index (κ3) is 3.88. The van der Waals surface area contributed by atoms with E-state index in [4.69, 9.17) is 16.3 Å². The number of halogens is 1. The summed E-state index contributed by atoms with van der Waals surface area (Å²) in [4.78, 5) is 27.1. The number of anilines is 1. The minimum atomic E-state index is -0.434. The van der Waals surface area contributed by atoms with Crippen molar-refractivity contribution in [2.45, 2.75) is 13.8 Å². The minimum Gasteiger partial charge on any atom is -0.449 e. The number of carbonyl (C=O) groups excluding carboxylic acids is 2. The summed E-state index contributed by atoms with van der Waals surface area (Å²) in [6, 6.07) is 7.19. The summed E-state index contributed by atoms with van der Waals surface area (Å²) in [5.74, 6) is 0.116. The average Bonchev–Trinajstić information content (AvgIpc) is 2.45. The van der Waals surface area contributed by atoms with E-state index in [0.29, 0.717) is 30.4 Å². The second kappa shape index (κ2) is 6.80. The predicted molar refractivity (Wildman–Crippen MR) is 81.6 cm³/mol. The van der Waals surface area contributed by atoms with Crippen molar-refractivity contribution in [3.8, 4) is 0 Å². The van der Waals surface area contributed by atoms with Gasteiger partial charge < -0.3 is 9.64 Å². The number of hydrogen-bond acceptors (Lipinski definition) is 3. The van der Waals surface area contributed by atoms with Gasteiger partial charge in [-0.2, -0.15) is 0 Å². The maximum Gasteiger partial charge on any atom is 0.410 e. The van der Waals surface area contributed by atoms with E-state index >= 15 is 0 Å². The molecule has 1 aromatic rings. The van der Waals surface area contributed by atoms with Gasteiger partial charge in [0.2, 0.25) is 5.91 Å². The SMILES string of the molecule is CC(C)COC(=O)N1CCN(c2ccccc2Cl)C(=O)C1. The molecule has 2 rings (SSSR count). The summed E-state index contributed by atoms with van der Waals surface area (Å²) < 4.78 is 5.15. The van der Waals surface area contributed by atoms with Crippen LogP contribution >= 0.6 is 11.6 Å². The highest BCUT2D eigenvalue weighted by Crippen LogP contribution is 2.26. The molecule has 1 heterocycles. The van der Waals surface area contributed by atoms with Gasteiger partial charge in [0.1, 0.15) is 6.54 Å². The van der Waals surface area contributed by atoms with Crippen molar-refractivity contribution in [1.82, 2.24) is 4.90 Å².